The van der Waals surface area contributed by atoms with Crippen LogP contribution in [0.2, 0.25) is 0 Å². The number of quaternary nitrogens is 1. The number of rotatable bonds is 6. The summed E-state index contributed by atoms with van der Waals surface area (Å²) in [5, 5.41) is 19.7. The number of hydrogen-bond donors (Lipinski definition) is 3. The summed E-state index contributed by atoms with van der Waals surface area (Å²) in [5.74, 6) is -0.231. The van der Waals surface area contributed by atoms with Crippen LogP contribution in [0.15, 0.2) is 35.5 Å². The zero-order valence-corrected chi connectivity index (χ0v) is 15.4. The number of aryl methyl sites for hydroxylation is 1. The maximum Gasteiger partial charge on any atom is 0.145 e. The predicted molar refractivity (Wildman–Crippen MR) is 99.7 cm³/mol. The second kappa shape index (κ2) is 9.03. The number of morpholine rings is 1. The summed E-state index contributed by atoms with van der Waals surface area (Å²) in [6, 6.07) is 6.59. The average molecular weight is 374 g/mol. The van der Waals surface area contributed by atoms with Crippen LogP contribution < -0.4 is 4.90 Å². The second-order valence-electron chi connectivity index (χ2n) is 6.66. The van der Waals surface area contributed by atoms with E-state index in [1.165, 1.54) is 17.0 Å². The molecule has 1 aliphatic rings. The van der Waals surface area contributed by atoms with Crippen LogP contribution in [0.1, 0.15) is 28.4 Å². The number of nitrogens with zero attached hydrogens (tertiary/aromatic N) is 2. The minimum Gasteiger partial charge on any atom is -0.505 e. The molecule has 3 N–H and O–H groups in total. The van der Waals surface area contributed by atoms with Crippen LogP contribution in [0.25, 0.3) is 0 Å². The highest BCUT2D eigenvalue weighted by Crippen LogP contribution is 2.22. The van der Waals surface area contributed by atoms with Crippen molar-refractivity contribution in [1.82, 2.24) is 4.98 Å². The normalized spacial score (nSPS) is 16.7. The monoisotopic (exact) mass is 374 g/mol. The standard InChI is InChI=1S/C20H24FN3O3/c1-14-20(26)18(16(13-25)10-23-14)11-22-12-19(24-6-8-27-9-7-24)15-2-4-17(21)5-3-15/h2-5,10-11,19,25-26H,6-9,12-13H2,1H3/p+1/t19-/m1/s1. The summed E-state index contributed by atoms with van der Waals surface area (Å²) in [6.07, 6.45) is 3.13. The molecular formula is C20H25FN3O3+. The van der Waals surface area contributed by atoms with E-state index in [1.807, 2.05) is 0 Å². The lowest BCUT2D eigenvalue weighted by Crippen LogP contribution is -3.14. The zero-order chi connectivity index (χ0) is 19.2. The minimum absolute atomic E-state index is 0.0300. The number of benzene rings is 1. The Kier molecular flexibility index (Phi) is 6.49. The van der Waals surface area contributed by atoms with Crippen molar-refractivity contribution >= 4 is 6.21 Å². The summed E-state index contributed by atoms with van der Waals surface area (Å²) in [7, 11) is 0. The number of aromatic hydroxyl groups is 1. The Morgan fingerprint density at radius 3 is 2.67 bits per heavy atom. The molecule has 3 rings (SSSR count). The number of pyridine rings is 1. The van der Waals surface area contributed by atoms with Crippen LogP contribution in [0.4, 0.5) is 4.39 Å². The third-order valence-corrected chi connectivity index (χ3v) is 4.94. The van der Waals surface area contributed by atoms with Gasteiger partial charge in [0.2, 0.25) is 0 Å². The first-order valence-corrected chi connectivity index (χ1v) is 9.06. The number of nitrogens with one attached hydrogen (secondary N) is 1. The Hall–Kier alpha value is -2.35. The molecule has 27 heavy (non-hydrogen) atoms. The van der Waals surface area contributed by atoms with Crippen molar-refractivity contribution in [2.24, 2.45) is 4.99 Å². The fourth-order valence-electron chi connectivity index (χ4n) is 3.32. The topological polar surface area (TPSA) is 79.4 Å². The largest absolute Gasteiger partial charge is 0.505 e. The third kappa shape index (κ3) is 4.68. The summed E-state index contributed by atoms with van der Waals surface area (Å²) < 4.78 is 18.8. The highest BCUT2D eigenvalue weighted by molar-refractivity contribution is 5.85. The molecule has 1 saturated heterocycles. The first kappa shape index (κ1) is 19.4. The Labute approximate surface area is 158 Å². The minimum atomic E-state index is -0.261. The van der Waals surface area contributed by atoms with Crippen LogP contribution in [-0.2, 0) is 11.3 Å². The van der Waals surface area contributed by atoms with Crippen LogP contribution in [0, 0.1) is 12.7 Å². The average Bonchev–Trinajstić information content (AvgIpc) is 2.70. The van der Waals surface area contributed by atoms with Gasteiger partial charge in [0, 0.05) is 29.1 Å². The first-order valence-electron chi connectivity index (χ1n) is 9.06. The Bertz CT molecular complexity index is 790. The number of halogens is 1. The molecule has 2 aromatic rings. The zero-order valence-electron chi connectivity index (χ0n) is 15.4. The van der Waals surface area contributed by atoms with E-state index in [9.17, 15) is 14.6 Å². The van der Waals surface area contributed by atoms with Crippen molar-refractivity contribution in [3.8, 4) is 5.75 Å². The number of hydrogen-bond acceptors (Lipinski definition) is 5. The first-order chi connectivity index (χ1) is 13.1. The van der Waals surface area contributed by atoms with Gasteiger partial charge in [-0.25, -0.2) is 4.39 Å². The molecule has 2 heterocycles. The van der Waals surface area contributed by atoms with Crippen LogP contribution in [0.3, 0.4) is 0 Å². The Morgan fingerprint density at radius 2 is 2.00 bits per heavy atom. The third-order valence-electron chi connectivity index (χ3n) is 4.94. The molecule has 7 heteroatoms. The molecule has 144 valence electrons. The van der Waals surface area contributed by atoms with Gasteiger partial charge in [-0.2, -0.15) is 0 Å². The van der Waals surface area contributed by atoms with Crippen molar-refractivity contribution in [3.63, 3.8) is 0 Å². The number of aliphatic hydroxyl groups excluding tert-OH is 1. The number of aromatic nitrogens is 1. The van der Waals surface area contributed by atoms with Crippen molar-refractivity contribution in [2.75, 3.05) is 32.8 Å². The molecule has 1 aromatic heterocycles. The van der Waals surface area contributed by atoms with E-state index in [0.717, 1.165) is 18.7 Å². The SMILES string of the molecule is Cc1ncc(CO)c(C=NC[C@H](c2ccc(F)cc2)[NH+]2CCOCC2)c1O. The van der Waals surface area contributed by atoms with Gasteiger partial charge in [0.15, 0.2) is 0 Å². The molecule has 1 fully saturated rings. The molecule has 1 aromatic carbocycles. The van der Waals surface area contributed by atoms with Gasteiger partial charge in [-0.1, -0.05) is 12.1 Å². The Morgan fingerprint density at radius 1 is 1.30 bits per heavy atom. The van der Waals surface area contributed by atoms with Crippen molar-refractivity contribution in [2.45, 2.75) is 19.6 Å². The molecule has 6 nitrogen and oxygen atoms in total. The van der Waals surface area contributed by atoms with Gasteiger partial charge in [0.25, 0.3) is 0 Å². The molecule has 0 bridgehead atoms. The van der Waals surface area contributed by atoms with Crippen molar-refractivity contribution < 1.29 is 24.2 Å². The van der Waals surface area contributed by atoms with E-state index in [4.69, 9.17) is 4.74 Å². The summed E-state index contributed by atoms with van der Waals surface area (Å²) in [5.41, 5.74) is 2.52. The molecule has 0 unspecified atom stereocenters. The Balaban J connectivity index is 1.83. The van der Waals surface area contributed by atoms with Gasteiger partial charge in [-0.05, 0) is 19.1 Å². The summed E-state index contributed by atoms with van der Waals surface area (Å²) in [6.45, 7) is 5.06. The second-order valence-corrected chi connectivity index (χ2v) is 6.66. The van der Waals surface area contributed by atoms with Gasteiger partial charge in [0.1, 0.15) is 30.7 Å². The quantitative estimate of drug-likeness (QED) is 0.654. The summed E-state index contributed by atoms with van der Waals surface area (Å²) >= 11 is 0. The predicted octanol–water partition coefficient (Wildman–Crippen LogP) is 0.802. The molecule has 0 saturated carbocycles. The maximum atomic E-state index is 13.3. The fraction of sp³-hybridized carbons (Fsp3) is 0.400. The van der Waals surface area contributed by atoms with E-state index < -0.39 is 0 Å². The van der Waals surface area contributed by atoms with E-state index in [0.29, 0.717) is 36.6 Å². The van der Waals surface area contributed by atoms with Crippen molar-refractivity contribution in [3.05, 3.63) is 58.7 Å². The van der Waals surface area contributed by atoms with Crippen LogP contribution in [0.5, 0.6) is 5.75 Å². The van der Waals surface area contributed by atoms with E-state index in [1.54, 1.807) is 31.5 Å². The highest BCUT2D eigenvalue weighted by atomic mass is 19.1. The van der Waals surface area contributed by atoms with E-state index in [2.05, 4.69) is 9.98 Å². The van der Waals surface area contributed by atoms with Gasteiger partial charge in [-0.3, -0.25) is 9.98 Å². The number of aliphatic imine (C=N–C) groups is 1. The maximum absolute atomic E-state index is 13.3. The number of ether oxygens (including phenoxy) is 1. The fourth-order valence-corrected chi connectivity index (χ4v) is 3.32. The molecular weight excluding hydrogens is 349 g/mol. The lowest BCUT2D eigenvalue weighted by molar-refractivity contribution is -0.937. The molecule has 1 aliphatic heterocycles. The van der Waals surface area contributed by atoms with Crippen LogP contribution in [-0.4, -0.2) is 54.3 Å². The highest BCUT2D eigenvalue weighted by Gasteiger charge is 2.26. The molecule has 1 atom stereocenters. The molecule has 0 radical (unpaired) electrons. The lowest BCUT2D eigenvalue weighted by Gasteiger charge is -2.31. The van der Waals surface area contributed by atoms with E-state index >= 15 is 0 Å². The summed E-state index contributed by atoms with van der Waals surface area (Å²) in [4.78, 5) is 9.94. The van der Waals surface area contributed by atoms with Gasteiger partial charge in [-0.15, -0.1) is 0 Å². The van der Waals surface area contributed by atoms with Crippen molar-refractivity contribution in [1.29, 1.82) is 0 Å². The number of aliphatic hydroxyl groups is 1. The van der Waals surface area contributed by atoms with Gasteiger partial charge < -0.3 is 19.8 Å². The van der Waals surface area contributed by atoms with Gasteiger partial charge >= 0.3 is 0 Å². The molecule has 0 aliphatic carbocycles. The lowest BCUT2D eigenvalue weighted by atomic mass is 10.0. The smallest absolute Gasteiger partial charge is 0.145 e. The molecule has 0 spiro atoms. The van der Waals surface area contributed by atoms with Crippen LogP contribution >= 0.6 is 0 Å². The van der Waals surface area contributed by atoms with Gasteiger partial charge in [0.05, 0.1) is 32.1 Å². The molecule has 0 amide bonds. The van der Waals surface area contributed by atoms with E-state index in [-0.39, 0.29) is 24.2 Å².